The van der Waals surface area contributed by atoms with Gasteiger partial charge in [-0.1, -0.05) is 48.0 Å². The molecule has 0 atom stereocenters. The van der Waals surface area contributed by atoms with Crippen molar-refractivity contribution in [1.82, 2.24) is 4.57 Å². The number of benzene rings is 3. The Kier molecular flexibility index (Phi) is 4.55. The predicted molar refractivity (Wildman–Crippen MR) is 119 cm³/mol. The monoisotopic (exact) mass is 403 g/mol. The Balaban J connectivity index is 1.35. The smallest absolute Gasteiger partial charge is 0.123 e. The lowest BCUT2D eigenvalue weighted by molar-refractivity contribution is 0.311. The lowest BCUT2D eigenvalue weighted by atomic mass is 10.2. The highest BCUT2D eigenvalue weighted by Gasteiger charge is 2.07. The van der Waals surface area contributed by atoms with E-state index in [1.54, 1.807) is 11.3 Å². The van der Waals surface area contributed by atoms with Gasteiger partial charge in [-0.05, 0) is 58.1 Å². The zero-order valence-electron chi connectivity index (χ0n) is 15.1. The van der Waals surface area contributed by atoms with Gasteiger partial charge in [-0.15, -0.1) is 11.3 Å². The van der Waals surface area contributed by atoms with Gasteiger partial charge in [0.2, 0.25) is 0 Å². The van der Waals surface area contributed by atoms with E-state index in [0.717, 1.165) is 17.3 Å². The summed E-state index contributed by atoms with van der Waals surface area (Å²) in [7, 11) is 0. The molecule has 3 aromatic carbocycles. The van der Waals surface area contributed by atoms with E-state index in [9.17, 15) is 0 Å². The van der Waals surface area contributed by atoms with Crippen LogP contribution in [0.2, 0.25) is 5.02 Å². The Bertz CT molecular complexity index is 1250. The average molecular weight is 404 g/mol. The SMILES string of the molecule is Clc1ccc(Cn2ccc3cc(OCc4scc5ccccc45)ccc32)cc1. The van der Waals surface area contributed by atoms with E-state index in [0.29, 0.717) is 6.61 Å². The molecule has 0 saturated heterocycles. The number of hydrogen-bond donors (Lipinski definition) is 0. The first kappa shape index (κ1) is 17.4. The van der Waals surface area contributed by atoms with Crippen molar-refractivity contribution in [3.8, 4) is 5.75 Å². The minimum atomic E-state index is 0.592. The van der Waals surface area contributed by atoms with E-state index in [4.69, 9.17) is 16.3 Å². The molecule has 0 aliphatic rings. The van der Waals surface area contributed by atoms with Gasteiger partial charge >= 0.3 is 0 Å². The van der Waals surface area contributed by atoms with Crippen LogP contribution in [0, 0.1) is 0 Å². The van der Waals surface area contributed by atoms with Gasteiger partial charge in [-0.3, -0.25) is 0 Å². The van der Waals surface area contributed by atoms with Gasteiger partial charge in [0.25, 0.3) is 0 Å². The van der Waals surface area contributed by atoms with Crippen molar-refractivity contribution < 1.29 is 4.74 Å². The van der Waals surface area contributed by atoms with Crippen LogP contribution in [0.1, 0.15) is 10.4 Å². The lowest BCUT2D eigenvalue weighted by Gasteiger charge is -2.08. The number of fused-ring (bicyclic) bond motifs is 2. The van der Waals surface area contributed by atoms with Crippen molar-refractivity contribution in [2.75, 3.05) is 0 Å². The summed E-state index contributed by atoms with van der Waals surface area (Å²) in [6.07, 6.45) is 2.12. The third kappa shape index (κ3) is 3.39. The second-order valence-corrected chi connectivity index (χ2v) is 8.23. The predicted octanol–water partition coefficient (Wildman–Crippen LogP) is 7.14. The molecule has 2 nitrogen and oxygen atoms in total. The number of rotatable bonds is 5. The standard InChI is InChI=1S/C24H18ClNOS/c25-20-7-5-17(6-8-20)14-26-12-11-18-13-21(9-10-23(18)26)27-15-24-22-4-2-1-3-19(22)16-28-24/h1-13,16H,14-15H2. The van der Waals surface area contributed by atoms with E-state index in [2.05, 4.69) is 76.8 Å². The van der Waals surface area contributed by atoms with E-state index in [1.165, 1.54) is 32.1 Å². The Morgan fingerprint density at radius 1 is 0.893 bits per heavy atom. The molecule has 0 bridgehead atoms. The number of thiophene rings is 1. The molecule has 2 aromatic heterocycles. The van der Waals surface area contributed by atoms with Gasteiger partial charge < -0.3 is 9.30 Å². The maximum atomic E-state index is 6.09. The van der Waals surface area contributed by atoms with E-state index in [1.807, 2.05) is 12.1 Å². The van der Waals surface area contributed by atoms with Crippen molar-refractivity contribution in [3.63, 3.8) is 0 Å². The highest BCUT2D eigenvalue weighted by molar-refractivity contribution is 7.11. The van der Waals surface area contributed by atoms with Crippen LogP contribution in [-0.2, 0) is 13.2 Å². The Labute approximate surface area is 172 Å². The summed E-state index contributed by atoms with van der Waals surface area (Å²) in [6, 6.07) is 24.9. The summed E-state index contributed by atoms with van der Waals surface area (Å²) in [6.45, 7) is 1.41. The number of hydrogen-bond acceptors (Lipinski definition) is 2. The fourth-order valence-corrected chi connectivity index (χ4v) is 4.55. The molecule has 0 spiro atoms. The van der Waals surface area contributed by atoms with Gasteiger partial charge in [0, 0.05) is 33.5 Å². The van der Waals surface area contributed by atoms with E-state index >= 15 is 0 Å². The minimum Gasteiger partial charge on any atom is -0.488 e. The molecule has 4 heteroatoms. The molecular weight excluding hydrogens is 386 g/mol. The average Bonchev–Trinajstić information content (AvgIpc) is 3.32. The fraction of sp³-hybridized carbons (Fsp3) is 0.0833. The second kappa shape index (κ2) is 7.34. The van der Waals surface area contributed by atoms with Gasteiger partial charge in [-0.25, -0.2) is 0 Å². The van der Waals surface area contributed by atoms with Gasteiger partial charge in [0.15, 0.2) is 0 Å². The molecular formula is C24H18ClNOS. The summed E-state index contributed by atoms with van der Waals surface area (Å²) >= 11 is 7.74. The normalized spacial score (nSPS) is 11.3. The molecule has 5 aromatic rings. The summed E-state index contributed by atoms with van der Waals surface area (Å²) in [4.78, 5) is 1.26. The van der Waals surface area contributed by atoms with Gasteiger partial charge in [0.05, 0.1) is 0 Å². The molecule has 0 aliphatic heterocycles. The van der Waals surface area contributed by atoms with Crippen molar-refractivity contribution in [2.45, 2.75) is 13.2 Å². The largest absolute Gasteiger partial charge is 0.488 e. The summed E-state index contributed by atoms with van der Waals surface area (Å²) in [5.74, 6) is 0.897. The molecule has 0 N–H and O–H groups in total. The first-order chi connectivity index (χ1) is 13.8. The van der Waals surface area contributed by atoms with Crippen molar-refractivity contribution in [1.29, 1.82) is 0 Å². The zero-order chi connectivity index (χ0) is 18.9. The first-order valence-corrected chi connectivity index (χ1v) is 10.4. The molecule has 0 fully saturated rings. The molecule has 0 radical (unpaired) electrons. The highest BCUT2D eigenvalue weighted by Crippen LogP contribution is 2.28. The molecule has 0 aliphatic carbocycles. The van der Waals surface area contributed by atoms with Crippen LogP contribution in [0.25, 0.3) is 21.7 Å². The van der Waals surface area contributed by atoms with E-state index in [-0.39, 0.29) is 0 Å². The van der Waals surface area contributed by atoms with Crippen LogP contribution in [0.15, 0.2) is 84.4 Å². The van der Waals surface area contributed by atoms with Crippen LogP contribution >= 0.6 is 22.9 Å². The Hall–Kier alpha value is -2.75. The minimum absolute atomic E-state index is 0.592. The maximum Gasteiger partial charge on any atom is 0.123 e. The molecule has 5 rings (SSSR count). The number of ether oxygens (including phenoxy) is 1. The quantitative estimate of drug-likeness (QED) is 0.304. The van der Waals surface area contributed by atoms with E-state index < -0.39 is 0 Å². The van der Waals surface area contributed by atoms with Crippen LogP contribution in [0.3, 0.4) is 0 Å². The van der Waals surface area contributed by atoms with Gasteiger partial charge in [-0.2, -0.15) is 0 Å². The second-order valence-electron chi connectivity index (χ2n) is 6.83. The topological polar surface area (TPSA) is 14.2 Å². The third-order valence-electron chi connectivity index (χ3n) is 4.97. The molecule has 0 unspecified atom stereocenters. The van der Waals surface area contributed by atoms with Crippen molar-refractivity contribution in [2.24, 2.45) is 0 Å². The number of nitrogens with zero attached hydrogens (tertiary/aromatic N) is 1. The molecule has 0 amide bonds. The van der Waals surface area contributed by atoms with Gasteiger partial charge in [0.1, 0.15) is 12.4 Å². The molecule has 0 saturated carbocycles. The van der Waals surface area contributed by atoms with Crippen LogP contribution in [0.4, 0.5) is 0 Å². The summed E-state index contributed by atoms with van der Waals surface area (Å²) < 4.78 is 8.34. The van der Waals surface area contributed by atoms with Crippen molar-refractivity contribution in [3.05, 3.63) is 99.8 Å². The van der Waals surface area contributed by atoms with Crippen LogP contribution in [-0.4, -0.2) is 4.57 Å². The number of aromatic nitrogens is 1. The highest BCUT2D eigenvalue weighted by atomic mass is 35.5. The first-order valence-electron chi connectivity index (χ1n) is 9.17. The molecule has 28 heavy (non-hydrogen) atoms. The Morgan fingerprint density at radius 3 is 2.64 bits per heavy atom. The molecule has 138 valence electrons. The zero-order valence-corrected chi connectivity index (χ0v) is 16.7. The van der Waals surface area contributed by atoms with Crippen LogP contribution in [0.5, 0.6) is 5.75 Å². The summed E-state index contributed by atoms with van der Waals surface area (Å²) in [5, 5.41) is 6.70. The third-order valence-corrected chi connectivity index (χ3v) is 6.21. The lowest BCUT2D eigenvalue weighted by Crippen LogP contribution is -1.98. The molecule has 2 heterocycles. The fourth-order valence-electron chi connectivity index (χ4n) is 3.50. The van der Waals surface area contributed by atoms with Crippen molar-refractivity contribution >= 4 is 44.6 Å². The van der Waals surface area contributed by atoms with Crippen LogP contribution < -0.4 is 4.74 Å². The maximum absolute atomic E-state index is 6.09. The summed E-state index contributed by atoms with van der Waals surface area (Å²) in [5.41, 5.74) is 2.43. The Morgan fingerprint density at radius 2 is 1.75 bits per heavy atom. The number of halogens is 1.